The maximum absolute atomic E-state index is 13.3. The molecular weight excluding hydrogens is 975 g/mol. The van der Waals surface area contributed by atoms with Crippen molar-refractivity contribution in [2.45, 2.75) is 298 Å². The molecular formula is C56H103NO18. The van der Waals surface area contributed by atoms with E-state index in [4.69, 9.17) is 28.4 Å². The lowest BCUT2D eigenvalue weighted by Crippen LogP contribution is -2.66. The molecule has 1 amide bonds. The third-order valence-corrected chi connectivity index (χ3v) is 14.7. The first-order valence-electron chi connectivity index (χ1n) is 29.1. The van der Waals surface area contributed by atoms with Gasteiger partial charge in [-0.3, -0.25) is 4.79 Å². The average molecular weight is 1080 g/mol. The Balaban J connectivity index is 1.52. The molecule has 0 aromatic rings. The van der Waals surface area contributed by atoms with Crippen LogP contribution in [0.4, 0.5) is 0 Å². The summed E-state index contributed by atoms with van der Waals surface area (Å²) in [5.74, 6) is -0.281. The van der Waals surface area contributed by atoms with Crippen LogP contribution in [0.25, 0.3) is 0 Å². The fourth-order valence-electron chi connectivity index (χ4n) is 9.89. The van der Waals surface area contributed by atoms with Gasteiger partial charge in [0.2, 0.25) is 5.91 Å². The van der Waals surface area contributed by atoms with Gasteiger partial charge in [0.15, 0.2) is 18.9 Å². The summed E-state index contributed by atoms with van der Waals surface area (Å²) < 4.78 is 34.2. The molecule has 0 spiro atoms. The van der Waals surface area contributed by atoms with E-state index in [-0.39, 0.29) is 18.9 Å². The zero-order valence-corrected chi connectivity index (χ0v) is 45.5. The van der Waals surface area contributed by atoms with Crippen molar-refractivity contribution < 1.29 is 89.4 Å². The monoisotopic (exact) mass is 1080 g/mol. The highest BCUT2D eigenvalue weighted by Crippen LogP contribution is 2.33. The molecule has 17 atom stereocenters. The molecule has 0 aromatic heterocycles. The first-order valence-corrected chi connectivity index (χ1v) is 29.1. The molecule has 3 aliphatic heterocycles. The van der Waals surface area contributed by atoms with Crippen molar-refractivity contribution in [1.82, 2.24) is 5.32 Å². The highest BCUT2D eigenvalue weighted by molar-refractivity contribution is 5.76. The van der Waals surface area contributed by atoms with Crippen LogP contribution in [0, 0.1) is 0 Å². The topological polar surface area (TPSA) is 307 Å². The van der Waals surface area contributed by atoms with Gasteiger partial charge in [0.25, 0.3) is 0 Å². The van der Waals surface area contributed by atoms with E-state index in [9.17, 15) is 61.0 Å². The maximum Gasteiger partial charge on any atom is 0.220 e. The summed E-state index contributed by atoms with van der Waals surface area (Å²) in [7, 11) is 0. The fraction of sp³-hybridized carbons (Fsp3) is 0.911. The molecule has 0 aliphatic carbocycles. The molecule has 3 heterocycles. The molecule has 0 radical (unpaired) electrons. The molecule has 0 saturated carbocycles. The quantitative estimate of drug-likeness (QED) is 0.0298. The van der Waals surface area contributed by atoms with E-state index in [1.165, 1.54) is 109 Å². The predicted molar refractivity (Wildman–Crippen MR) is 282 cm³/mol. The number of allylic oxidation sites excluding steroid dienone is 3. The van der Waals surface area contributed by atoms with Crippen molar-refractivity contribution in [3.63, 3.8) is 0 Å². The molecule has 3 fully saturated rings. The van der Waals surface area contributed by atoms with Gasteiger partial charge in [0.05, 0.1) is 38.6 Å². The highest BCUT2D eigenvalue weighted by atomic mass is 16.8. The van der Waals surface area contributed by atoms with Gasteiger partial charge in [-0.2, -0.15) is 0 Å². The van der Waals surface area contributed by atoms with E-state index in [2.05, 4.69) is 31.3 Å². The summed E-state index contributed by atoms with van der Waals surface area (Å²) >= 11 is 0. The van der Waals surface area contributed by atoms with Gasteiger partial charge in [0.1, 0.15) is 73.2 Å². The Bertz CT molecular complexity index is 1480. The number of ether oxygens (including phenoxy) is 6. The van der Waals surface area contributed by atoms with E-state index in [0.29, 0.717) is 6.42 Å². The van der Waals surface area contributed by atoms with Crippen LogP contribution in [0.15, 0.2) is 24.3 Å². The van der Waals surface area contributed by atoms with Crippen LogP contribution in [0.3, 0.4) is 0 Å². The lowest BCUT2D eigenvalue weighted by Gasteiger charge is -2.48. The fourth-order valence-corrected chi connectivity index (χ4v) is 9.89. The van der Waals surface area contributed by atoms with Crippen LogP contribution >= 0.6 is 0 Å². The van der Waals surface area contributed by atoms with Gasteiger partial charge in [-0.05, 0) is 44.9 Å². The SMILES string of the molecule is CCCCCCCC/C=C\CCCCCCCCCC(=O)NC(COC1OC(CO)C(OC2OC(CO)C(OC3OC(CO)C(O)C(O)C3O)C(O)C2O)C(O)C1O)C(O)/C=C/CCCCCCCCCCCCC. The van der Waals surface area contributed by atoms with Crippen molar-refractivity contribution in [1.29, 1.82) is 0 Å². The summed E-state index contributed by atoms with van der Waals surface area (Å²) in [6, 6.07) is -0.971. The lowest BCUT2D eigenvalue weighted by atomic mass is 9.96. The number of hydrogen-bond acceptors (Lipinski definition) is 18. The molecule has 3 aliphatic rings. The largest absolute Gasteiger partial charge is 0.394 e. The van der Waals surface area contributed by atoms with Gasteiger partial charge in [-0.15, -0.1) is 0 Å². The van der Waals surface area contributed by atoms with Crippen LogP contribution in [0.5, 0.6) is 0 Å². The summed E-state index contributed by atoms with van der Waals surface area (Å²) in [5, 5.41) is 120. The molecule has 3 saturated heterocycles. The number of amides is 1. The summed E-state index contributed by atoms with van der Waals surface area (Å²) in [6.07, 6.45) is 13.0. The van der Waals surface area contributed by atoms with Crippen LogP contribution in [0.2, 0.25) is 0 Å². The van der Waals surface area contributed by atoms with Crippen LogP contribution in [0.1, 0.15) is 194 Å². The van der Waals surface area contributed by atoms with Crippen LogP contribution < -0.4 is 5.32 Å². The molecule has 19 nitrogen and oxygen atoms in total. The Morgan fingerprint density at radius 1 is 0.467 bits per heavy atom. The minimum Gasteiger partial charge on any atom is -0.394 e. The van der Waals surface area contributed by atoms with Crippen LogP contribution in [-0.2, 0) is 33.2 Å². The average Bonchev–Trinajstić information content (AvgIpc) is 3.41. The van der Waals surface area contributed by atoms with Gasteiger partial charge < -0.3 is 89.9 Å². The Hall–Kier alpha value is -1.73. The predicted octanol–water partition coefficient (Wildman–Crippen LogP) is 4.37. The number of rotatable bonds is 42. The molecule has 75 heavy (non-hydrogen) atoms. The Kier molecular flexibility index (Phi) is 36.4. The van der Waals surface area contributed by atoms with Crippen molar-refractivity contribution in [3.8, 4) is 0 Å². The minimum atomic E-state index is -1.98. The smallest absolute Gasteiger partial charge is 0.220 e. The maximum atomic E-state index is 13.3. The third kappa shape index (κ3) is 25.1. The number of aliphatic hydroxyl groups excluding tert-OH is 11. The zero-order valence-electron chi connectivity index (χ0n) is 45.5. The van der Waals surface area contributed by atoms with Crippen molar-refractivity contribution in [2.24, 2.45) is 0 Å². The summed E-state index contributed by atoms with van der Waals surface area (Å²) in [5.41, 5.74) is 0. The first-order chi connectivity index (χ1) is 36.3. The number of hydrogen-bond donors (Lipinski definition) is 12. The zero-order chi connectivity index (χ0) is 54.8. The summed E-state index contributed by atoms with van der Waals surface area (Å²) in [4.78, 5) is 13.3. The van der Waals surface area contributed by atoms with Crippen molar-refractivity contribution >= 4 is 5.91 Å². The Labute approximate surface area is 448 Å². The second kappa shape index (κ2) is 40.4. The second-order valence-corrected chi connectivity index (χ2v) is 21.1. The molecule has 19 heteroatoms. The number of unbranched alkanes of at least 4 members (excludes halogenated alkanes) is 24. The van der Waals surface area contributed by atoms with Gasteiger partial charge in [-0.1, -0.05) is 167 Å². The van der Waals surface area contributed by atoms with E-state index < -0.39 is 124 Å². The van der Waals surface area contributed by atoms with Crippen molar-refractivity contribution in [3.05, 3.63) is 24.3 Å². The number of carbonyl (C=O) groups is 1. The van der Waals surface area contributed by atoms with E-state index in [0.717, 1.165) is 57.8 Å². The van der Waals surface area contributed by atoms with Gasteiger partial charge in [-0.25, -0.2) is 0 Å². The number of aliphatic hydroxyl groups is 11. The molecule has 0 bridgehead atoms. The Morgan fingerprint density at radius 3 is 1.29 bits per heavy atom. The molecule has 12 N–H and O–H groups in total. The normalized spacial score (nSPS) is 31.3. The number of nitrogens with one attached hydrogen (secondary N) is 1. The lowest BCUT2D eigenvalue weighted by molar-refractivity contribution is -0.379. The van der Waals surface area contributed by atoms with E-state index >= 15 is 0 Å². The molecule has 17 unspecified atom stereocenters. The van der Waals surface area contributed by atoms with Crippen LogP contribution in [-0.4, -0.2) is 193 Å². The molecule has 0 aromatic carbocycles. The highest BCUT2D eigenvalue weighted by Gasteiger charge is 2.53. The molecule has 3 rings (SSSR count). The third-order valence-electron chi connectivity index (χ3n) is 14.7. The summed E-state index contributed by atoms with van der Waals surface area (Å²) in [6.45, 7) is 1.70. The minimum absolute atomic E-state index is 0.240. The first kappa shape index (κ1) is 67.5. The van der Waals surface area contributed by atoms with E-state index in [1.54, 1.807) is 6.08 Å². The molecule has 440 valence electrons. The van der Waals surface area contributed by atoms with Gasteiger partial charge >= 0.3 is 0 Å². The van der Waals surface area contributed by atoms with Crippen molar-refractivity contribution in [2.75, 3.05) is 26.4 Å². The standard InChI is InChI=1S/C56H103NO18/c1-3-5-7-9-11-13-15-17-18-19-20-22-24-26-28-30-32-34-44(62)57-39(40(61)33-31-29-27-25-23-21-16-14-12-10-8-6-4-2)38-70-54-50(68)47(65)52(42(36-59)72-54)75-56-51(69)48(66)53(43(37-60)73-56)74-55-49(67)46(64)45(63)41(35-58)71-55/h17-18,31,33,39-43,45-56,58-61,63-69H,3-16,19-30,32,34-38H2,1-2H3,(H,57,62)/b18-17-,33-31+. The van der Waals surface area contributed by atoms with Gasteiger partial charge in [0, 0.05) is 6.42 Å². The number of carbonyl (C=O) groups excluding carboxylic acids is 1. The Morgan fingerprint density at radius 2 is 0.840 bits per heavy atom. The second-order valence-electron chi connectivity index (χ2n) is 21.1. The van der Waals surface area contributed by atoms with E-state index in [1.807, 2.05) is 6.08 Å².